The van der Waals surface area contributed by atoms with E-state index < -0.39 is 11.0 Å². The molecule has 0 bridgehead atoms. The maximum atomic E-state index is 13.1. The van der Waals surface area contributed by atoms with Crippen LogP contribution in [-0.4, -0.2) is 35.9 Å². The summed E-state index contributed by atoms with van der Waals surface area (Å²) in [6.45, 7) is 6.59. The van der Waals surface area contributed by atoms with Crippen molar-refractivity contribution >= 4 is 5.91 Å². The van der Waals surface area contributed by atoms with Crippen molar-refractivity contribution in [2.75, 3.05) is 13.2 Å². The van der Waals surface area contributed by atoms with Gasteiger partial charge < -0.3 is 15.2 Å². The van der Waals surface area contributed by atoms with Crippen molar-refractivity contribution < 1.29 is 19.0 Å². The third kappa shape index (κ3) is 3.31. The standard InChI is InChI=1S/C17H24FNO3/c1-4-22-14-10-17(21,16(14,2)3)11-19-15(20)9-12-6-5-7-13(18)8-12/h5-8,14,21H,4,9-11H2,1-3H3,(H,19,20)/t14-,17-/m1/s1. The Balaban J connectivity index is 1.86. The fourth-order valence-corrected chi connectivity index (χ4v) is 2.90. The van der Waals surface area contributed by atoms with Crippen molar-refractivity contribution in [2.45, 2.75) is 45.3 Å². The number of rotatable bonds is 6. The topological polar surface area (TPSA) is 58.6 Å². The molecule has 2 atom stereocenters. The van der Waals surface area contributed by atoms with Gasteiger partial charge in [-0.25, -0.2) is 4.39 Å². The monoisotopic (exact) mass is 309 g/mol. The average Bonchev–Trinajstić information content (AvgIpc) is 2.45. The van der Waals surface area contributed by atoms with Crippen LogP contribution in [-0.2, 0) is 16.0 Å². The van der Waals surface area contributed by atoms with E-state index in [0.29, 0.717) is 18.6 Å². The molecule has 0 spiro atoms. The van der Waals surface area contributed by atoms with E-state index in [1.54, 1.807) is 12.1 Å². The summed E-state index contributed by atoms with van der Waals surface area (Å²) >= 11 is 0. The van der Waals surface area contributed by atoms with Gasteiger partial charge in [0.1, 0.15) is 5.82 Å². The van der Waals surface area contributed by atoms with Crippen LogP contribution in [0.25, 0.3) is 0 Å². The van der Waals surface area contributed by atoms with Crippen LogP contribution in [0.15, 0.2) is 24.3 Å². The van der Waals surface area contributed by atoms with E-state index in [-0.39, 0.29) is 30.8 Å². The zero-order chi connectivity index (χ0) is 16.4. The highest BCUT2D eigenvalue weighted by molar-refractivity contribution is 5.78. The second kappa shape index (κ2) is 6.34. The van der Waals surface area contributed by atoms with Gasteiger partial charge in [0.05, 0.1) is 18.1 Å². The third-order valence-corrected chi connectivity index (χ3v) is 4.73. The molecule has 0 radical (unpaired) electrons. The molecule has 4 nitrogen and oxygen atoms in total. The van der Waals surface area contributed by atoms with Crippen LogP contribution < -0.4 is 5.32 Å². The SMILES string of the molecule is CCO[C@@H]1C[C@@](O)(CNC(=O)Cc2cccc(F)c2)C1(C)C. The Labute approximate surface area is 130 Å². The Morgan fingerprint density at radius 3 is 2.82 bits per heavy atom. The first kappa shape index (κ1) is 16.9. The quantitative estimate of drug-likeness (QED) is 0.845. The fraction of sp³-hybridized carbons (Fsp3) is 0.588. The fourth-order valence-electron chi connectivity index (χ4n) is 2.90. The first-order valence-electron chi connectivity index (χ1n) is 7.63. The Hall–Kier alpha value is -1.46. The van der Waals surface area contributed by atoms with Gasteiger partial charge in [0.2, 0.25) is 5.91 Å². The molecule has 1 amide bonds. The Kier molecular flexibility index (Phi) is 4.87. The lowest BCUT2D eigenvalue weighted by atomic mass is 9.56. The highest BCUT2D eigenvalue weighted by atomic mass is 19.1. The third-order valence-electron chi connectivity index (χ3n) is 4.73. The molecular formula is C17H24FNO3. The predicted octanol–water partition coefficient (Wildman–Crippen LogP) is 2.05. The number of carbonyl (C=O) groups is 1. The summed E-state index contributed by atoms with van der Waals surface area (Å²) < 4.78 is 18.7. The minimum atomic E-state index is -0.968. The van der Waals surface area contributed by atoms with Crippen molar-refractivity contribution in [3.63, 3.8) is 0 Å². The van der Waals surface area contributed by atoms with E-state index in [1.807, 2.05) is 20.8 Å². The highest BCUT2D eigenvalue weighted by Gasteiger charge is 2.59. The molecule has 1 fully saturated rings. The first-order valence-corrected chi connectivity index (χ1v) is 7.63. The molecule has 1 aliphatic carbocycles. The van der Waals surface area contributed by atoms with E-state index in [2.05, 4.69) is 5.32 Å². The number of ether oxygens (including phenoxy) is 1. The molecule has 22 heavy (non-hydrogen) atoms. The average molecular weight is 309 g/mol. The largest absolute Gasteiger partial charge is 0.387 e. The van der Waals surface area contributed by atoms with Crippen molar-refractivity contribution in [1.29, 1.82) is 0 Å². The molecule has 5 heteroatoms. The summed E-state index contributed by atoms with van der Waals surface area (Å²) in [5.74, 6) is -0.585. The van der Waals surface area contributed by atoms with Gasteiger partial charge in [0.25, 0.3) is 0 Å². The minimum absolute atomic E-state index is 0.00243. The van der Waals surface area contributed by atoms with Crippen LogP contribution in [0.2, 0.25) is 0 Å². The van der Waals surface area contributed by atoms with Gasteiger partial charge in [0, 0.05) is 25.0 Å². The van der Waals surface area contributed by atoms with E-state index in [1.165, 1.54) is 12.1 Å². The second-order valence-electron chi connectivity index (χ2n) is 6.48. The lowest BCUT2D eigenvalue weighted by molar-refractivity contribution is -0.238. The van der Waals surface area contributed by atoms with Crippen molar-refractivity contribution in [3.05, 3.63) is 35.6 Å². The van der Waals surface area contributed by atoms with Crippen LogP contribution in [0.5, 0.6) is 0 Å². The van der Waals surface area contributed by atoms with Crippen LogP contribution in [0.3, 0.4) is 0 Å². The number of carbonyl (C=O) groups excluding carboxylic acids is 1. The Bertz CT molecular complexity index is 546. The first-order chi connectivity index (χ1) is 10.3. The number of halogens is 1. The van der Waals surface area contributed by atoms with E-state index in [9.17, 15) is 14.3 Å². The van der Waals surface area contributed by atoms with Crippen LogP contribution >= 0.6 is 0 Å². The summed E-state index contributed by atoms with van der Waals surface area (Å²) in [5, 5.41) is 13.4. The lowest BCUT2D eigenvalue weighted by Crippen LogP contribution is -2.68. The zero-order valence-electron chi connectivity index (χ0n) is 13.4. The van der Waals surface area contributed by atoms with Gasteiger partial charge in [0.15, 0.2) is 0 Å². The number of benzene rings is 1. The molecule has 0 unspecified atom stereocenters. The number of hydrogen-bond acceptors (Lipinski definition) is 3. The molecule has 2 rings (SSSR count). The summed E-state index contributed by atoms with van der Waals surface area (Å²) in [6, 6.07) is 5.96. The molecule has 2 N–H and O–H groups in total. The molecular weight excluding hydrogens is 285 g/mol. The summed E-state index contributed by atoms with van der Waals surface area (Å²) in [6.07, 6.45) is 0.611. The number of hydrogen-bond donors (Lipinski definition) is 2. The zero-order valence-corrected chi connectivity index (χ0v) is 13.4. The van der Waals surface area contributed by atoms with Crippen LogP contribution in [0.4, 0.5) is 4.39 Å². The van der Waals surface area contributed by atoms with Gasteiger partial charge >= 0.3 is 0 Å². The van der Waals surface area contributed by atoms with E-state index >= 15 is 0 Å². The molecule has 1 saturated carbocycles. The summed E-state index contributed by atoms with van der Waals surface area (Å²) in [7, 11) is 0. The maximum Gasteiger partial charge on any atom is 0.224 e. The van der Waals surface area contributed by atoms with Crippen LogP contribution in [0.1, 0.15) is 32.8 Å². The molecule has 1 aromatic carbocycles. The predicted molar refractivity (Wildman–Crippen MR) is 81.9 cm³/mol. The molecule has 0 heterocycles. The molecule has 1 aliphatic rings. The highest BCUT2D eigenvalue weighted by Crippen LogP contribution is 2.50. The van der Waals surface area contributed by atoms with Crippen molar-refractivity contribution in [1.82, 2.24) is 5.32 Å². The number of nitrogens with one attached hydrogen (secondary N) is 1. The van der Waals surface area contributed by atoms with Gasteiger partial charge in [-0.2, -0.15) is 0 Å². The normalized spacial score (nSPS) is 26.3. The van der Waals surface area contributed by atoms with Crippen LogP contribution in [0, 0.1) is 11.2 Å². The van der Waals surface area contributed by atoms with E-state index in [0.717, 1.165) is 0 Å². The summed E-state index contributed by atoms with van der Waals surface area (Å²) in [5.41, 5.74) is -0.760. The molecule has 0 aromatic heterocycles. The molecule has 0 aliphatic heterocycles. The molecule has 1 aromatic rings. The second-order valence-corrected chi connectivity index (χ2v) is 6.48. The van der Waals surface area contributed by atoms with Crippen molar-refractivity contribution in [2.24, 2.45) is 5.41 Å². The lowest BCUT2D eigenvalue weighted by Gasteiger charge is -2.57. The maximum absolute atomic E-state index is 13.1. The van der Waals surface area contributed by atoms with Gasteiger partial charge in [-0.1, -0.05) is 26.0 Å². The van der Waals surface area contributed by atoms with E-state index in [4.69, 9.17) is 4.74 Å². The Morgan fingerprint density at radius 1 is 1.50 bits per heavy atom. The molecule has 122 valence electrons. The van der Waals surface area contributed by atoms with Gasteiger partial charge in [-0.15, -0.1) is 0 Å². The van der Waals surface area contributed by atoms with Gasteiger partial charge in [-0.3, -0.25) is 4.79 Å². The van der Waals surface area contributed by atoms with Gasteiger partial charge in [-0.05, 0) is 24.6 Å². The molecule has 0 saturated heterocycles. The number of aliphatic hydroxyl groups is 1. The number of amides is 1. The Morgan fingerprint density at radius 2 is 2.23 bits per heavy atom. The minimum Gasteiger partial charge on any atom is -0.387 e. The van der Waals surface area contributed by atoms with Crippen molar-refractivity contribution in [3.8, 4) is 0 Å². The summed E-state index contributed by atoms with van der Waals surface area (Å²) in [4.78, 5) is 12.0. The smallest absolute Gasteiger partial charge is 0.224 e.